The van der Waals surface area contributed by atoms with E-state index in [-0.39, 0.29) is 5.91 Å². The summed E-state index contributed by atoms with van der Waals surface area (Å²) < 4.78 is 6.48. The van der Waals surface area contributed by atoms with Gasteiger partial charge in [0, 0.05) is 11.0 Å². The fourth-order valence-corrected chi connectivity index (χ4v) is 1.62. The van der Waals surface area contributed by atoms with E-state index in [1.54, 1.807) is 6.07 Å². The molecule has 1 aromatic heterocycles. The molecule has 0 saturated carbocycles. The molecule has 0 aliphatic carbocycles. The topological polar surface area (TPSA) is 42.2 Å². The van der Waals surface area contributed by atoms with E-state index in [1.165, 1.54) is 6.26 Å². The van der Waals surface area contributed by atoms with Crippen LogP contribution in [0.5, 0.6) is 0 Å². The summed E-state index contributed by atoms with van der Waals surface area (Å²) in [5, 5.41) is 2.79. The van der Waals surface area contributed by atoms with Gasteiger partial charge in [0.25, 0.3) is 5.91 Å². The molecule has 1 N–H and O–H groups in total. The number of amides is 1. The third kappa shape index (κ3) is 3.30. The highest BCUT2D eigenvalue weighted by molar-refractivity contribution is 14.1. The Morgan fingerprint density at radius 2 is 2.46 bits per heavy atom. The summed E-state index contributed by atoms with van der Waals surface area (Å²) in [6.07, 6.45) is 2.47. The van der Waals surface area contributed by atoms with E-state index in [0.717, 1.165) is 10.8 Å². The molecular formula is C8H9BrINO2. The number of hydrogen-bond donors (Lipinski definition) is 1. The van der Waals surface area contributed by atoms with E-state index >= 15 is 0 Å². The summed E-state index contributed by atoms with van der Waals surface area (Å²) in [6, 6.07) is 1.64. The molecule has 1 aromatic rings. The van der Waals surface area contributed by atoms with Crippen LogP contribution in [0.15, 0.2) is 21.4 Å². The van der Waals surface area contributed by atoms with Crippen molar-refractivity contribution in [3.8, 4) is 0 Å². The SMILES string of the molecule is O=C(NCCCI)c1ccoc1Br. The minimum atomic E-state index is -0.0922. The summed E-state index contributed by atoms with van der Waals surface area (Å²) in [6.45, 7) is 0.708. The number of carbonyl (C=O) groups excluding carboxylic acids is 1. The van der Waals surface area contributed by atoms with Crippen molar-refractivity contribution in [2.45, 2.75) is 6.42 Å². The van der Waals surface area contributed by atoms with Crippen LogP contribution >= 0.6 is 38.5 Å². The molecular weight excluding hydrogens is 349 g/mol. The second-order valence-electron chi connectivity index (χ2n) is 2.41. The molecule has 5 heteroatoms. The van der Waals surface area contributed by atoms with Crippen LogP contribution in [-0.4, -0.2) is 16.9 Å². The lowest BCUT2D eigenvalue weighted by atomic mass is 10.3. The summed E-state index contributed by atoms with van der Waals surface area (Å²) in [5.74, 6) is -0.0922. The van der Waals surface area contributed by atoms with Gasteiger partial charge in [-0.05, 0) is 28.4 Å². The average molecular weight is 358 g/mol. The third-order valence-corrected chi connectivity index (χ3v) is 2.84. The molecule has 0 spiro atoms. The van der Waals surface area contributed by atoms with Crippen LogP contribution in [0.25, 0.3) is 0 Å². The molecule has 1 heterocycles. The van der Waals surface area contributed by atoms with Gasteiger partial charge in [-0.15, -0.1) is 0 Å². The first kappa shape index (κ1) is 11.0. The molecule has 13 heavy (non-hydrogen) atoms. The molecule has 0 bridgehead atoms. The van der Waals surface area contributed by atoms with Crippen molar-refractivity contribution in [2.75, 3.05) is 11.0 Å². The molecule has 0 aliphatic rings. The van der Waals surface area contributed by atoms with Gasteiger partial charge in [-0.25, -0.2) is 0 Å². The first-order valence-corrected chi connectivity index (χ1v) is 6.14. The Bertz CT molecular complexity index is 287. The number of hydrogen-bond acceptors (Lipinski definition) is 2. The van der Waals surface area contributed by atoms with E-state index in [9.17, 15) is 4.79 Å². The maximum absolute atomic E-state index is 11.4. The number of nitrogens with one attached hydrogen (secondary N) is 1. The molecule has 0 aliphatic heterocycles. The molecule has 0 fully saturated rings. The van der Waals surface area contributed by atoms with Crippen molar-refractivity contribution in [3.05, 3.63) is 22.6 Å². The standard InChI is InChI=1S/C8H9BrINO2/c9-7-6(2-5-13-7)8(12)11-4-1-3-10/h2,5H,1,3-4H2,(H,11,12). The van der Waals surface area contributed by atoms with E-state index < -0.39 is 0 Å². The number of rotatable bonds is 4. The molecule has 72 valence electrons. The largest absolute Gasteiger partial charge is 0.457 e. The average Bonchev–Trinajstić information content (AvgIpc) is 2.52. The molecule has 0 atom stereocenters. The lowest BCUT2D eigenvalue weighted by Crippen LogP contribution is -2.24. The van der Waals surface area contributed by atoms with Crippen LogP contribution in [-0.2, 0) is 0 Å². The highest BCUT2D eigenvalue weighted by Gasteiger charge is 2.10. The Hall–Kier alpha value is -0.0400. The van der Waals surface area contributed by atoms with Crippen molar-refractivity contribution in [2.24, 2.45) is 0 Å². The number of carbonyl (C=O) groups is 1. The quantitative estimate of drug-likeness (QED) is 0.511. The van der Waals surface area contributed by atoms with Gasteiger partial charge in [0.05, 0.1) is 11.8 Å². The van der Waals surface area contributed by atoms with Crippen molar-refractivity contribution in [1.82, 2.24) is 5.32 Å². The Labute approximate surface area is 98.5 Å². The van der Waals surface area contributed by atoms with Gasteiger partial charge in [-0.2, -0.15) is 0 Å². The first-order valence-electron chi connectivity index (χ1n) is 3.83. The zero-order valence-corrected chi connectivity index (χ0v) is 10.6. The van der Waals surface area contributed by atoms with Crippen LogP contribution in [0, 0.1) is 0 Å². The fraction of sp³-hybridized carbons (Fsp3) is 0.375. The second kappa shape index (κ2) is 5.64. The highest BCUT2D eigenvalue weighted by atomic mass is 127. The Kier molecular flexibility index (Phi) is 4.79. The van der Waals surface area contributed by atoms with Crippen molar-refractivity contribution in [3.63, 3.8) is 0 Å². The Morgan fingerprint density at radius 3 is 3.00 bits per heavy atom. The lowest BCUT2D eigenvalue weighted by Gasteiger charge is -2.01. The molecule has 0 radical (unpaired) electrons. The molecule has 0 aromatic carbocycles. The maximum Gasteiger partial charge on any atom is 0.255 e. The Morgan fingerprint density at radius 1 is 1.69 bits per heavy atom. The highest BCUT2D eigenvalue weighted by Crippen LogP contribution is 2.16. The minimum Gasteiger partial charge on any atom is -0.457 e. The van der Waals surface area contributed by atoms with Crippen LogP contribution in [0.4, 0.5) is 0 Å². The molecule has 1 amide bonds. The predicted molar refractivity (Wildman–Crippen MR) is 62.2 cm³/mol. The molecule has 0 unspecified atom stereocenters. The monoisotopic (exact) mass is 357 g/mol. The van der Waals surface area contributed by atoms with Gasteiger partial charge in [-0.1, -0.05) is 22.6 Å². The summed E-state index contributed by atoms with van der Waals surface area (Å²) in [4.78, 5) is 11.4. The van der Waals surface area contributed by atoms with E-state index in [1.807, 2.05) is 0 Å². The molecule has 0 saturated heterocycles. The molecule has 3 nitrogen and oxygen atoms in total. The van der Waals surface area contributed by atoms with E-state index in [0.29, 0.717) is 16.8 Å². The summed E-state index contributed by atoms with van der Waals surface area (Å²) >= 11 is 5.42. The smallest absolute Gasteiger partial charge is 0.255 e. The number of furan rings is 1. The van der Waals surface area contributed by atoms with Gasteiger partial charge < -0.3 is 9.73 Å². The van der Waals surface area contributed by atoms with Crippen LogP contribution in [0.2, 0.25) is 0 Å². The van der Waals surface area contributed by atoms with E-state index in [4.69, 9.17) is 4.42 Å². The summed E-state index contributed by atoms with van der Waals surface area (Å²) in [5.41, 5.74) is 0.549. The first-order chi connectivity index (χ1) is 6.25. The van der Waals surface area contributed by atoms with Crippen molar-refractivity contribution in [1.29, 1.82) is 0 Å². The second-order valence-corrected chi connectivity index (χ2v) is 4.21. The zero-order valence-electron chi connectivity index (χ0n) is 6.85. The zero-order chi connectivity index (χ0) is 9.68. The normalized spacial score (nSPS) is 10.0. The molecule has 1 rings (SSSR count). The van der Waals surface area contributed by atoms with Crippen molar-refractivity contribution >= 4 is 44.4 Å². The van der Waals surface area contributed by atoms with Crippen molar-refractivity contribution < 1.29 is 9.21 Å². The fourth-order valence-electron chi connectivity index (χ4n) is 0.820. The van der Waals surface area contributed by atoms with Gasteiger partial charge in [-0.3, -0.25) is 4.79 Å². The third-order valence-electron chi connectivity index (χ3n) is 1.46. The minimum absolute atomic E-state index is 0.0922. The van der Waals surface area contributed by atoms with Gasteiger partial charge >= 0.3 is 0 Å². The van der Waals surface area contributed by atoms with E-state index in [2.05, 4.69) is 43.8 Å². The lowest BCUT2D eigenvalue weighted by molar-refractivity contribution is 0.0952. The predicted octanol–water partition coefficient (Wildman–Crippen LogP) is 2.60. The van der Waals surface area contributed by atoms with Gasteiger partial charge in [0.2, 0.25) is 0 Å². The Balaban J connectivity index is 2.45. The van der Waals surface area contributed by atoms with Crippen LogP contribution in [0.3, 0.4) is 0 Å². The summed E-state index contributed by atoms with van der Waals surface area (Å²) in [7, 11) is 0. The van der Waals surface area contributed by atoms with Crippen LogP contribution < -0.4 is 5.32 Å². The van der Waals surface area contributed by atoms with Gasteiger partial charge in [0.15, 0.2) is 4.67 Å². The maximum atomic E-state index is 11.4. The van der Waals surface area contributed by atoms with Crippen LogP contribution in [0.1, 0.15) is 16.8 Å². The van der Waals surface area contributed by atoms with Gasteiger partial charge in [0.1, 0.15) is 0 Å². The number of alkyl halides is 1. The number of halogens is 2.